The van der Waals surface area contributed by atoms with Gasteiger partial charge in [0, 0.05) is 50.7 Å². The Labute approximate surface area is 178 Å². The Morgan fingerprint density at radius 1 is 1.26 bits per heavy atom. The van der Waals surface area contributed by atoms with Gasteiger partial charge >= 0.3 is 0 Å². The molecule has 2 fully saturated rings. The highest BCUT2D eigenvalue weighted by molar-refractivity contribution is 14.0. The maximum atomic E-state index is 13.9. The molecule has 152 valence electrons. The zero-order chi connectivity index (χ0) is 18.5. The third-order valence-corrected chi connectivity index (χ3v) is 5.69. The Bertz CT molecular complexity index is 634. The molecule has 2 aliphatic rings. The number of hydrogen-bond donors (Lipinski definition) is 2. The number of likely N-dealkylation sites (tertiary alicyclic amines) is 1. The summed E-state index contributed by atoms with van der Waals surface area (Å²) in [5.74, 6) is -0.368. The zero-order valence-corrected chi connectivity index (χ0v) is 18.5. The molecule has 1 saturated carbocycles. The Morgan fingerprint density at radius 3 is 2.67 bits per heavy atom. The predicted octanol–water partition coefficient (Wildman–Crippen LogP) is 3.87. The van der Waals surface area contributed by atoms with Gasteiger partial charge in [0.2, 0.25) is 0 Å². The fourth-order valence-corrected chi connectivity index (χ4v) is 4.16. The van der Waals surface area contributed by atoms with Crippen molar-refractivity contribution in [1.82, 2.24) is 15.5 Å². The van der Waals surface area contributed by atoms with Crippen molar-refractivity contribution in [3.63, 3.8) is 0 Å². The van der Waals surface area contributed by atoms with Crippen LogP contribution in [0.15, 0.2) is 23.2 Å². The van der Waals surface area contributed by atoms with Crippen LogP contribution in [0.3, 0.4) is 0 Å². The lowest BCUT2D eigenvalue weighted by molar-refractivity contribution is 0.242. The standard InChI is InChI=1S/C20H30F2N4.HI/c1-14(18-8-7-15(21)11-19(18)22)12-24-20(23-2)25-16-9-10-26(13-16)17-5-3-4-6-17;/h7-8,11,14,16-17H,3-6,9-10,12-13H2,1-2H3,(H2,23,24,25);1H. The van der Waals surface area contributed by atoms with Crippen molar-refractivity contribution in [3.05, 3.63) is 35.4 Å². The van der Waals surface area contributed by atoms with Gasteiger partial charge in [0.05, 0.1) is 0 Å². The first kappa shape index (κ1) is 22.3. The van der Waals surface area contributed by atoms with Crippen molar-refractivity contribution in [2.24, 2.45) is 4.99 Å². The summed E-state index contributed by atoms with van der Waals surface area (Å²) in [4.78, 5) is 6.90. The van der Waals surface area contributed by atoms with Crippen molar-refractivity contribution in [2.75, 3.05) is 26.7 Å². The zero-order valence-electron chi connectivity index (χ0n) is 16.2. The smallest absolute Gasteiger partial charge is 0.191 e. The van der Waals surface area contributed by atoms with Gasteiger partial charge in [-0.25, -0.2) is 8.78 Å². The van der Waals surface area contributed by atoms with Gasteiger partial charge < -0.3 is 10.6 Å². The van der Waals surface area contributed by atoms with E-state index in [9.17, 15) is 8.78 Å². The third kappa shape index (κ3) is 6.01. The van der Waals surface area contributed by atoms with E-state index < -0.39 is 11.6 Å². The molecule has 0 radical (unpaired) electrons. The quantitative estimate of drug-likeness (QED) is 0.373. The van der Waals surface area contributed by atoms with E-state index in [4.69, 9.17) is 0 Å². The molecule has 0 bridgehead atoms. The Hall–Kier alpha value is -0.960. The van der Waals surface area contributed by atoms with Crippen LogP contribution in [0.5, 0.6) is 0 Å². The first-order valence-corrected chi connectivity index (χ1v) is 9.73. The molecule has 3 rings (SSSR count). The molecule has 1 heterocycles. The maximum absolute atomic E-state index is 13.9. The molecule has 2 unspecified atom stereocenters. The average molecular weight is 492 g/mol. The first-order valence-electron chi connectivity index (χ1n) is 9.73. The third-order valence-electron chi connectivity index (χ3n) is 5.69. The van der Waals surface area contributed by atoms with Crippen molar-refractivity contribution in [3.8, 4) is 0 Å². The summed E-state index contributed by atoms with van der Waals surface area (Å²) in [6, 6.07) is 4.93. The van der Waals surface area contributed by atoms with Crippen LogP contribution >= 0.6 is 24.0 Å². The highest BCUT2D eigenvalue weighted by atomic mass is 127. The van der Waals surface area contributed by atoms with Gasteiger partial charge in [0.25, 0.3) is 0 Å². The minimum absolute atomic E-state index is 0. The molecule has 0 spiro atoms. The molecule has 0 amide bonds. The van der Waals surface area contributed by atoms with Crippen molar-refractivity contribution in [2.45, 2.75) is 57.0 Å². The number of aliphatic imine (C=N–C) groups is 1. The second-order valence-electron chi connectivity index (χ2n) is 7.58. The van der Waals surface area contributed by atoms with Gasteiger partial charge in [-0.05, 0) is 30.9 Å². The van der Waals surface area contributed by atoms with Gasteiger partial charge in [-0.2, -0.15) is 0 Å². The van der Waals surface area contributed by atoms with Crippen molar-refractivity contribution < 1.29 is 8.78 Å². The van der Waals surface area contributed by atoms with E-state index >= 15 is 0 Å². The van der Waals surface area contributed by atoms with Gasteiger partial charge in [-0.15, -0.1) is 24.0 Å². The molecule has 1 aliphatic carbocycles. The number of nitrogens with zero attached hydrogens (tertiary/aromatic N) is 2. The van der Waals surface area contributed by atoms with Crippen LogP contribution in [0.25, 0.3) is 0 Å². The fourth-order valence-electron chi connectivity index (χ4n) is 4.16. The topological polar surface area (TPSA) is 39.7 Å². The molecule has 2 atom stereocenters. The number of nitrogens with one attached hydrogen (secondary N) is 2. The molecule has 1 aromatic rings. The second kappa shape index (κ2) is 10.5. The fraction of sp³-hybridized carbons (Fsp3) is 0.650. The molecule has 2 N–H and O–H groups in total. The van der Waals surface area contributed by atoms with Crippen LogP contribution in [-0.4, -0.2) is 49.6 Å². The normalized spacial score (nSPS) is 22.5. The van der Waals surface area contributed by atoms with E-state index in [1.54, 1.807) is 7.05 Å². The molecule has 7 heteroatoms. The number of benzene rings is 1. The van der Waals surface area contributed by atoms with E-state index in [0.29, 0.717) is 18.2 Å². The highest BCUT2D eigenvalue weighted by Crippen LogP contribution is 2.26. The highest BCUT2D eigenvalue weighted by Gasteiger charge is 2.30. The van der Waals surface area contributed by atoms with E-state index in [1.165, 1.54) is 37.8 Å². The van der Waals surface area contributed by atoms with Crippen molar-refractivity contribution >= 4 is 29.9 Å². The molecular weight excluding hydrogens is 461 g/mol. The summed E-state index contributed by atoms with van der Waals surface area (Å²) < 4.78 is 27.0. The summed E-state index contributed by atoms with van der Waals surface area (Å²) in [6.45, 7) is 4.68. The van der Waals surface area contributed by atoms with Gasteiger partial charge in [-0.3, -0.25) is 9.89 Å². The number of halogens is 3. The first-order chi connectivity index (χ1) is 12.6. The summed E-state index contributed by atoms with van der Waals surface area (Å²) in [6.07, 6.45) is 6.51. The van der Waals surface area contributed by atoms with Crippen LogP contribution in [0.2, 0.25) is 0 Å². The summed E-state index contributed by atoms with van der Waals surface area (Å²) >= 11 is 0. The summed E-state index contributed by atoms with van der Waals surface area (Å²) in [5, 5.41) is 6.77. The second-order valence-corrected chi connectivity index (χ2v) is 7.58. The Morgan fingerprint density at radius 2 is 2.00 bits per heavy atom. The molecular formula is C20H31F2IN4. The lowest BCUT2D eigenvalue weighted by atomic mass is 10.0. The van der Waals surface area contributed by atoms with Crippen molar-refractivity contribution in [1.29, 1.82) is 0 Å². The predicted molar refractivity (Wildman–Crippen MR) is 117 cm³/mol. The number of guanidine groups is 1. The van der Waals surface area contributed by atoms with Crippen LogP contribution in [0.1, 0.15) is 50.5 Å². The van der Waals surface area contributed by atoms with Gasteiger partial charge in [0.1, 0.15) is 11.6 Å². The molecule has 1 aliphatic heterocycles. The monoisotopic (exact) mass is 492 g/mol. The van der Waals surface area contributed by atoms with E-state index in [-0.39, 0.29) is 29.9 Å². The largest absolute Gasteiger partial charge is 0.356 e. The van der Waals surface area contributed by atoms with Gasteiger partial charge in [0.15, 0.2) is 5.96 Å². The van der Waals surface area contributed by atoms with E-state index in [2.05, 4.69) is 20.5 Å². The molecule has 4 nitrogen and oxygen atoms in total. The molecule has 1 aromatic carbocycles. The number of hydrogen-bond acceptors (Lipinski definition) is 2. The van der Waals surface area contributed by atoms with Gasteiger partial charge in [-0.1, -0.05) is 25.8 Å². The lowest BCUT2D eigenvalue weighted by Crippen LogP contribution is -2.46. The number of rotatable bonds is 5. The average Bonchev–Trinajstić information content (AvgIpc) is 3.29. The van der Waals surface area contributed by atoms with Crippen LogP contribution < -0.4 is 10.6 Å². The van der Waals surface area contributed by atoms with Crippen LogP contribution in [0.4, 0.5) is 8.78 Å². The van der Waals surface area contributed by atoms with E-state index in [1.807, 2.05) is 6.92 Å². The maximum Gasteiger partial charge on any atom is 0.191 e. The minimum atomic E-state index is -0.545. The molecule has 1 saturated heterocycles. The molecule has 27 heavy (non-hydrogen) atoms. The van der Waals surface area contributed by atoms with Crippen LogP contribution in [-0.2, 0) is 0 Å². The summed E-state index contributed by atoms with van der Waals surface area (Å²) in [5.41, 5.74) is 0.516. The minimum Gasteiger partial charge on any atom is -0.356 e. The van der Waals surface area contributed by atoms with Crippen LogP contribution in [0, 0.1) is 11.6 Å². The Kier molecular flexibility index (Phi) is 8.72. The van der Waals surface area contributed by atoms with E-state index in [0.717, 1.165) is 37.6 Å². The molecule has 0 aromatic heterocycles. The lowest BCUT2D eigenvalue weighted by Gasteiger charge is -2.24. The summed E-state index contributed by atoms with van der Waals surface area (Å²) in [7, 11) is 1.75. The SMILES string of the molecule is CN=C(NCC(C)c1ccc(F)cc1F)NC1CCN(C2CCCC2)C1.I. The Balaban J connectivity index is 0.00000261.